The number of methoxy groups -OCH3 is 1. The van der Waals surface area contributed by atoms with Crippen molar-refractivity contribution in [2.45, 2.75) is 11.3 Å². The fourth-order valence-corrected chi connectivity index (χ4v) is 3.12. The van der Waals surface area contributed by atoms with E-state index in [-0.39, 0.29) is 11.7 Å². The van der Waals surface area contributed by atoms with Gasteiger partial charge in [-0.3, -0.25) is 4.79 Å². The quantitative estimate of drug-likeness (QED) is 0.672. The molecule has 2 aromatic rings. The third-order valence-electron chi connectivity index (χ3n) is 2.40. The van der Waals surface area contributed by atoms with Gasteiger partial charge in [-0.25, -0.2) is 4.79 Å². The topological polar surface area (TPSA) is 81.2 Å². The molecule has 0 atom stereocenters. The van der Waals surface area contributed by atoms with Gasteiger partial charge in [-0.2, -0.15) is 0 Å². The molecule has 0 fully saturated rings. The maximum atomic E-state index is 11.9. The van der Waals surface area contributed by atoms with Crippen LogP contribution in [-0.4, -0.2) is 34.9 Å². The Morgan fingerprint density at radius 2 is 2.19 bits per heavy atom. The zero-order valence-electron chi connectivity index (χ0n) is 11.5. The first-order chi connectivity index (χ1) is 10.1. The maximum Gasteiger partial charge on any atom is 0.337 e. The number of aromatic nitrogens is 2. The Morgan fingerprint density at radius 1 is 1.38 bits per heavy atom. The summed E-state index contributed by atoms with van der Waals surface area (Å²) in [6.45, 7) is 1.86. The first kappa shape index (κ1) is 15.5. The SMILES string of the molecule is COC(=O)c1cccc(NC(=O)CSc2nnc(C)s2)c1. The summed E-state index contributed by atoms with van der Waals surface area (Å²) in [5.41, 5.74) is 0.944. The lowest BCUT2D eigenvalue weighted by atomic mass is 10.2. The number of hydrogen-bond donors (Lipinski definition) is 1. The predicted octanol–water partition coefficient (Wildman–Crippen LogP) is 2.36. The number of aryl methyl sites for hydroxylation is 1. The average Bonchev–Trinajstić information content (AvgIpc) is 2.90. The van der Waals surface area contributed by atoms with Gasteiger partial charge in [-0.15, -0.1) is 10.2 Å². The van der Waals surface area contributed by atoms with Crippen LogP contribution in [0.5, 0.6) is 0 Å². The summed E-state index contributed by atoms with van der Waals surface area (Å²) in [6, 6.07) is 6.59. The van der Waals surface area contributed by atoms with E-state index in [1.807, 2.05) is 6.92 Å². The number of nitrogens with one attached hydrogen (secondary N) is 1. The van der Waals surface area contributed by atoms with Crippen LogP contribution in [0, 0.1) is 6.92 Å². The molecule has 1 aromatic heterocycles. The smallest absolute Gasteiger partial charge is 0.337 e. The van der Waals surface area contributed by atoms with Crippen molar-refractivity contribution in [3.63, 3.8) is 0 Å². The molecule has 0 saturated carbocycles. The number of benzene rings is 1. The van der Waals surface area contributed by atoms with E-state index in [1.165, 1.54) is 30.2 Å². The van der Waals surface area contributed by atoms with Crippen LogP contribution in [0.15, 0.2) is 28.6 Å². The first-order valence-electron chi connectivity index (χ1n) is 5.99. The fraction of sp³-hybridized carbons (Fsp3) is 0.231. The molecule has 1 aromatic carbocycles. The van der Waals surface area contributed by atoms with Crippen molar-refractivity contribution in [3.8, 4) is 0 Å². The van der Waals surface area contributed by atoms with Gasteiger partial charge < -0.3 is 10.1 Å². The number of nitrogens with zero attached hydrogens (tertiary/aromatic N) is 2. The minimum Gasteiger partial charge on any atom is -0.465 e. The zero-order valence-corrected chi connectivity index (χ0v) is 13.1. The Bertz CT molecular complexity index is 658. The van der Waals surface area contributed by atoms with E-state index in [9.17, 15) is 9.59 Å². The molecule has 0 unspecified atom stereocenters. The van der Waals surface area contributed by atoms with Crippen molar-refractivity contribution < 1.29 is 14.3 Å². The van der Waals surface area contributed by atoms with Gasteiger partial charge in [0.2, 0.25) is 5.91 Å². The number of ether oxygens (including phenoxy) is 1. The van der Waals surface area contributed by atoms with Gasteiger partial charge in [-0.05, 0) is 25.1 Å². The van der Waals surface area contributed by atoms with Gasteiger partial charge in [-0.1, -0.05) is 29.2 Å². The second-order valence-corrected chi connectivity index (χ2v) is 6.40. The molecule has 1 heterocycles. The van der Waals surface area contributed by atoms with E-state index in [1.54, 1.807) is 24.3 Å². The zero-order chi connectivity index (χ0) is 15.2. The molecule has 0 bridgehead atoms. The molecule has 0 aliphatic carbocycles. The summed E-state index contributed by atoms with van der Waals surface area (Å²) < 4.78 is 5.39. The van der Waals surface area contributed by atoms with E-state index in [0.29, 0.717) is 11.3 Å². The predicted molar refractivity (Wildman–Crippen MR) is 81.8 cm³/mol. The first-order valence-corrected chi connectivity index (χ1v) is 7.80. The third-order valence-corrected chi connectivity index (χ3v) is 4.37. The molecule has 0 aliphatic rings. The molecule has 110 valence electrons. The lowest BCUT2D eigenvalue weighted by Gasteiger charge is -2.06. The summed E-state index contributed by atoms with van der Waals surface area (Å²) >= 11 is 2.77. The second-order valence-electron chi connectivity index (χ2n) is 4.00. The molecular weight excluding hydrogens is 310 g/mol. The van der Waals surface area contributed by atoms with Crippen LogP contribution in [0.2, 0.25) is 0 Å². The van der Waals surface area contributed by atoms with E-state index in [0.717, 1.165) is 9.35 Å². The Morgan fingerprint density at radius 3 is 2.86 bits per heavy atom. The van der Waals surface area contributed by atoms with Gasteiger partial charge in [0, 0.05) is 5.69 Å². The Balaban J connectivity index is 1.91. The van der Waals surface area contributed by atoms with Crippen LogP contribution in [0.3, 0.4) is 0 Å². The maximum absolute atomic E-state index is 11.9. The molecule has 1 N–H and O–H groups in total. The molecule has 0 radical (unpaired) electrons. The summed E-state index contributed by atoms with van der Waals surface area (Å²) in [5, 5.41) is 11.4. The number of thioether (sulfide) groups is 1. The number of amides is 1. The van der Waals surface area contributed by atoms with Crippen molar-refractivity contribution in [1.82, 2.24) is 10.2 Å². The summed E-state index contributed by atoms with van der Waals surface area (Å²) in [6.07, 6.45) is 0. The highest BCUT2D eigenvalue weighted by Crippen LogP contribution is 2.22. The normalized spacial score (nSPS) is 10.2. The number of rotatable bonds is 5. The fourth-order valence-electron chi connectivity index (χ4n) is 1.50. The standard InChI is InChI=1S/C13H13N3O3S2/c1-8-15-16-13(21-8)20-7-11(17)14-10-5-3-4-9(6-10)12(18)19-2/h3-6H,7H2,1-2H3,(H,14,17). The number of anilines is 1. The van der Waals surface area contributed by atoms with Crippen LogP contribution in [0.1, 0.15) is 15.4 Å². The molecule has 8 heteroatoms. The van der Waals surface area contributed by atoms with Gasteiger partial charge in [0.25, 0.3) is 0 Å². The highest BCUT2D eigenvalue weighted by Gasteiger charge is 2.09. The van der Waals surface area contributed by atoms with Gasteiger partial charge in [0.15, 0.2) is 4.34 Å². The van der Waals surface area contributed by atoms with E-state index >= 15 is 0 Å². The van der Waals surface area contributed by atoms with Gasteiger partial charge >= 0.3 is 5.97 Å². The lowest BCUT2D eigenvalue weighted by molar-refractivity contribution is -0.113. The van der Waals surface area contributed by atoms with Crippen molar-refractivity contribution in [2.24, 2.45) is 0 Å². The minimum absolute atomic E-state index is 0.171. The average molecular weight is 323 g/mol. The lowest BCUT2D eigenvalue weighted by Crippen LogP contribution is -2.14. The summed E-state index contributed by atoms with van der Waals surface area (Å²) in [5.74, 6) is -0.378. The number of carbonyl (C=O) groups excluding carboxylic acids is 2. The molecular formula is C13H13N3O3S2. The van der Waals surface area contributed by atoms with Gasteiger partial charge in [0.1, 0.15) is 5.01 Å². The molecule has 6 nitrogen and oxygen atoms in total. The molecule has 0 aliphatic heterocycles. The molecule has 0 spiro atoms. The van der Waals surface area contributed by atoms with Crippen LogP contribution >= 0.6 is 23.1 Å². The van der Waals surface area contributed by atoms with Crippen LogP contribution in [0.25, 0.3) is 0 Å². The molecule has 2 rings (SSSR count). The number of esters is 1. The van der Waals surface area contributed by atoms with Crippen molar-refractivity contribution in [3.05, 3.63) is 34.8 Å². The Labute approximate surface area is 129 Å². The number of carbonyl (C=O) groups is 2. The monoisotopic (exact) mass is 323 g/mol. The highest BCUT2D eigenvalue weighted by atomic mass is 32.2. The minimum atomic E-state index is -0.440. The Hall–Kier alpha value is -1.93. The molecule has 0 saturated heterocycles. The molecule has 21 heavy (non-hydrogen) atoms. The van der Waals surface area contributed by atoms with Crippen LogP contribution in [-0.2, 0) is 9.53 Å². The van der Waals surface area contributed by atoms with Crippen molar-refractivity contribution in [2.75, 3.05) is 18.2 Å². The second kappa shape index (κ2) is 7.19. The number of hydrogen-bond acceptors (Lipinski definition) is 7. The highest BCUT2D eigenvalue weighted by molar-refractivity contribution is 8.01. The van der Waals surface area contributed by atoms with E-state index in [4.69, 9.17) is 0 Å². The van der Waals surface area contributed by atoms with Crippen molar-refractivity contribution in [1.29, 1.82) is 0 Å². The van der Waals surface area contributed by atoms with E-state index in [2.05, 4.69) is 20.3 Å². The van der Waals surface area contributed by atoms with Crippen molar-refractivity contribution >= 4 is 40.7 Å². The largest absolute Gasteiger partial charge is 0.465 e. The van der Waals surface area contributed by atoms with Crippen LogP contribution < -0.4 is 5.32 Å². The Kier molecular flexibility index (Phi) is 5.29. The van der Waals surface area contributed by atoms with E-state index < -0.39 is 5.97 Å². The summed E-state index contributed by atoms with van der Waals surface area (Å²) in [4.78, 5) is 23.3. The third kappa shape index (κ3) is 4.54. The molecule has 1 amide bonds. The van der Waals surface area contributed by atoms with Gasteiger partial charge in [0.05, 0.1) is 18.4 Å². The summed E-state index contributed by atoms with van der Waals surface area (Å²) in [7, 11) is 1.31. The van der Waals surface area contributed by atoms with Crippen LogP contribution in [0.4, 0.5) is 5.69 Å².